The molecule has 0 saturated carbocycles. The van der Waals surface area contributed by atoms with Gasteiger partial charge in [-0.1, -0.05) is 48.5 Å². The molecule has 0 aliphatic carbocycles. The molecule has 0 saturated heterocycles. The van der Waals surface area contributed by atoms with Crippen molar-refractivity contribution in [1.29, 1.82) is 0 Å². The van der Waals surface area contributed by atoms with E-state index in [1.165, 1.54) is 72.8 Å². The fraction of sp³-hybridized carbons (Fsp3) is 0.186. The molecule has 0 amide bonds. The van der Waals surface area contributed by atoms with Crippen LogP contribution in [0.1, 0.15) is 44.5 Å². The molecule has 0 heterocycles. The van der Waals surface area contributed by atoms with Crippen molar-refractivity contribution < 1.29 is 74.5 Å². The number of hydrogen-bond donors (Lipinski definition) is 0. The van der Waals surface area contributed by atoms with Crippen LogP contribution in [0.25, 0.3) is 0 Å². The van der Waals surface area contributed by atoms with Gasteiger partial charge in [0, 0.05) is 0 Å². The van der Waals surface area contributed by atoms with Crippen molar-refractivity contribution in [3.8, 4) is 0 Å². The number of aryl methyl sites for hydroxylation is 4. The second-order valence-electron chi connectivity index (χ2n) is 19.1. The molecule has 9 nitrogen and oxygen atoms in total. The second-order valence-corrected chi connectivity index (χ2v) is 36.6. The maximum absolute atomic E-state index is 14.4. The summed E-state index contributed by atoms with van der Waals surface area (Å²) in [6.07, 6.45) is 0. The predicted octanol–water partition coefficient (Wildman–Crippen LogP) is 18.9. The number of hydrogen-bond acceptors (Lipinski definition) is 11. The summed E-state index contributed by atoms with van der Waals surface area (Å²) in [5.74, 6) is 0. The van der Waals surface area contributed by atoms with E-state index in [4.69, 9.17) is 9.77 Å². The van der Waals surface area contributed by atoms with E-state index in [0.29, 0.717) is 64.1 Å². The van der Waals surface area contributed by atoms with Gasteiger partial charge in [0.15, 0.2) is 0 Å². The quantitative estimate of drug-likeness (QED) is 0.0462. The van der Waals surface area contributed by atoms with Crippen LogP contribution < -0.4 is 0 Å². The van der Waals surface area contributed by atoms with Crippen molar-refractivity contribution in [2.75, 3.05) is 0 Å². The monoisotopic (exact) mass is 1430 g/mol. The van der Waals surface area contributed by atoms with Crippen LogP contribution in [0.2, 0.25) is 0 Å². The molecule has 0 atom stereocenters. The van der Waals surface area contributed by atoms with Gasteiger partial charge in [0.25, 0.3) is 0 Å². The van der Waals surface area contributed by atoms with Crippen molar-refractivity contribution in [3.63, 3.8) is 0 Å². The molecular weight excluding hydrogens is 1370 g/mol. The molecule has 0 fully saturated rings. The summed E-state index contributed by atoms with van der Waals surface area (Å²) in [6.45, 7) is 13.6. The van der Waals surface area contributed by atoms with E-state index in [-0.39, 0.29) is 36.5 Å². The van der Waals surface area contributed by atoms with Crippen molar-refractivity contribution in [3.05, 3.63) is 222 Å². The fourth-order valence-electron chi connectivity index (χ4n) is 8.68. The Morgan fingerprint density at radius 3 is 0.800 bits per heavy atom. The van der Waals surface area contributed by atoms with Gasteiger partial charge >= 0.3 is 342 Å². The molecule has 0 bridgehead atoms. The molecule has 0 spiro atoms. The molecule has 26 heteroatoms. The summed E-state index contributed by atoms with van der Waals surface area (Å²) in [5.41, 5.74) is -12.6. The van der Waals surface area contributed by atoms with Crippen molar-refractivity contribution in [1.82, 2.24) is 0 Å². The van der Waals surface area contributed by atoms with Crippen molar-refractivity contribution in [2.45, 2.75) is 121 Å². The van der Waals surface area contributed by atoms with Gasteiger partial charge in [-0.2, -0.15) is 43.2 Å². The van der Waals surface area contributed by atoms with Gasteiger partial charge in [-0.25, -0.2) is 0 Å². The predicted molar refractivity (Wildman–Crippen MR) is 322 cm³/mol. The zero-order chi connectivity index (χ0) is 62.5. The first-order valence-electron chi connectivity index (χ1n) is 25.0. The van der Waals surface area contributed by atoms with E-state index in [1.807, 2.05) is 0 Å². The molecule has 85 heavy (non-hydrogen) atoms. The SMILES string of the molecule is Cc1cccc(S(OS(=O)(=O)C(F)(F)F)(c2ccc(Sc3ccc(I(OS(=O)(=O)C(F)(F)F)c4ccc(Sc5ccc(S(OS(=O)(=O)C(F)(F)F)(c6cccc(C)c6C)c6cccc(C)c6C)cc5)cc4)cc3)cc2)c2cccc(C)c2C)c1C. The van der Waals surface area contributed by atoms with Gasteiger partial charge in [-0.05, 0) is 77.6 Å². The van der Waals surface area contributed by atoms with Crippen molar-refractivity contribution >= 4 is 94.7 Å². The number of benzene rings is 8. The standard InChI is InChI=1S/C59H52F9IO9S7/c1-37-13-9-17-53(41(37)5)81(77-84(72,73)58(63,64)65,54-18-10-14-38(2)42(54)6)51-33-29-49(30-34-51)79-47-25-21-45(22-26-47)69(76-83(70,71)57(60,61)62)46-23-27-48(28-24-46)80-50-31-35-52(36-32-50)82(78-85(74,75)59(66,67)68,55-19-11-15-39(3)43(55)7)56-20-12-16-40(4)44(56)8/h9-36H,1-8H3. The molecular formula is C59H52F9IO9S7. The van der Waals surface area contributed by atoms with E-state index in [2.05, 4.69) is 0 Å². The van der Waals surface area contributed by atoms with E-state index in [1.54, 1.807) is 152 Å². The van der Waals surface area contributed by atoms with Gasteiger partial charge in [0.1, 0.15) is 0 Å². The number of halogens is 10. The Kier molecular flexibility index (Phi) is 19.3. The molecule has 0 aromatic heterocycles. The Morgan fingerprint density at radius 2 is 0.565 bits per heavy atom. The van der Waals surface area contributed by atoms with Gasteiger partial charge in [-0.15, -0.1) is 0 Å². The Labute approximate surface area is 507 Å². The Morgan fingerprint density at radius 1 is 0.329 bits per heavy atom. The first-order valence-corrected chi connectivity index (χ1v) is 37.0. The molecule has 8 aromatic rings. The van der Waals surface area contributed by atoms with Crippen LogP contribution in [-0.2, 0) is 40.1 Å². The normalized spacial score (nSPS) is 13.6. The van der Waals surface area contributed by atoms with Crippen LogP contribution in [0.15, 0.2) is 219 Å². The molecule has 8 aromatic carbocycles. The molecule has 0 radical (unpaired) electrons. The molecule has 0 aliphatic rings. The number of rotatable bonds is 18. The summed E-state index contributed by atoms with van der Waals surface area (Å²) in [4.78, 5) is 3.16. The minimum Gasteiger partial charge on any atom is -0.0608 e. The van der Waals surface area contributed by atoms with Crippen LogP contribution in [0.5, 0.6) is 0 Å². The average Bonchev–Trinajstić information content (AvgIpc) is 1.10. The molecule has 0 unspecified atom stereocenters. The Hall–Kier alpha value is -5.01. The molecule has 8 rings (SSSR count). The van der Waals surface area contributed by atoms with Crippen LogP contribution in [0.3, 0.4) is 0 Å². The van der Waals surface area contributed by atoms with E-state index < -0.39 is 87.7 Å². The first-order chi connectivity index (χ1) is 39.5. The fourth-order valence-corrected chi connectivity index (χ4v) is 27.3. The van der Waals surface area contributed by atoms with Crippen molar-refractivity contribution in [2.24, 2.45) is 0 Å². The molecule has 0 N–H and O–H groups in total. The number of alkyl halides is 9. The Balaban J connectivity index is 1.11. The van der Waals surface area contributed by atoms with Crippen LogP contribution in [-0.4, -0.2) is 41.8 Å². The summed E-state index contributed by atoms with van der Waals surface area (Å²) in [5, 5.41) is 0. The van der Waals surface area contributed by atoms with E-state index in [9.17, 15) is 64.8 Å². The maximum atomic E-state index is 14.4. The van der Waals surface area contributed by atoms with Gasteiger partial charge < -0.3 is 0 Å². The molecule has 454 valence electrons. The average molecular weight is 1430 g/mol. The third-order valence-electron chi connectivity index (χ3n) is 13.6. The van der Waals surface area contributed by atoms with Crippen LogP contribution >= 0.6 is 64.4 Å². The first kappa shape index (κ1) is 66.0. The van der Waals surface area contributed by atoms with Gasteiger partial charge in [0.05, 0.1) is 0 Å². The summed E-state index contributed by atoms with van der Waals surface area (Å²) >= 11 is -1.73. The Bertz CT molecular complexity index is 3800. The third kappa shape index (κ3) is 13.4. The summed E-state index contributed by atoms with van der Waals surface area (Å²) < 4.78 is 223. The second kappa shape index (κ2) is 24.9. The van der Waals surface area contributed by atoms with E-state index in [0.717, 1.165) is 23.5 Å². The van der Waals surface area contributed by atoms with Gasteiger partial charge in [0.2, 0.25) is 0 Å². The zero-order valence-corrected chi connectivity index (χ0v) is 53.9. The minimum absolute atomic E-state index is 0.125. The van der Waals surface area contributed by atoms with E-state index >= 15 is 0 Å². The summed E-state index contributed by atoms with van der Waals surface area (Å²) in [7, 11) is -26.0. The van der Waals surface area contributed by atoms with Gasteiger partial charge in [-0.3, -0.25) is 0 Å². The smallest absolute Gasteiger partial charge is 0.0608 e. The molecule has 0 aliphatic heterocycles. The topological polar surface area (TPSA) is 130 Å². The zero-order valence-electron chi connectivity index (χ0n) is 46.0. The third-order valence-corrected chi connectivity index (χ3v) is 33.1. The van der Waals surface area contributed by atoms with Crippen LogP contribution in [0, 0.1) is 62.5 Å². The minimum atomic E-state index is -6.23. The summed E-state index contributed by atoms with van der Waals surface area (Å²) in [6, 6.07) is 43.5. The van der Waals surface area contributed by atoms with Crippen LogP contribution in [0.4, 0.5) is 39.5 Å².